The largest absolute Gasteiger partial charge is 0.368 e. The molecule has 0 aromatic heterocycles. The second-order valence-electron chi connectivity index (χ2n) is 6.66. The Hall–Kier alpha value is -0.610. The number of carbonyl (C=O) groups excluding carboxylic acids is 1. The van der Waals surface area contributed by atoms with E-state index >= 15 is 0 Å². The van der Waals surface area contributed by atoms with Crippen LogP contribution in [0, 0.1) is 11.8 Å². The van der Waals surface area contributed by atoms with Gasteiger partial charge in [-0.15, -0.1) is 0 Å². The average Bonchev–Trinajstić information content (AvgIpc) is 2.35. The summed E-state index contributed by atoms with van der Waals surface area (Å²) in [4.78, 5) is 13.6. The molecule has 0 radical (unpaired) electrons. The highest BCUT2D eigenvalue weighted by atomic mass is 16.1. The van der Waals surface area contributed by atoms with E-state index in [1.807, 2.05) is 0 Å². The average molecular weight is 269 g/mol. The Bertz CT molecular complexity index is 281. The Morgan fingerprint density at radius 2 is 1.89 bits per heavy atom. The highest BCUT2D eigenvalue weighted by molar-refractivity contribution is 5.83. The van der Waals surface area contributed by atoms with Gasteiger partial charge >= 0.3 is 0 Å². The van der Waals surface area contributed by atoms with E-state index < -0.39 is 11.4 Å². The SMILES string of the molecule is CC(C)C1CCN(CCCCC(C)(N)C(N)=O)CC1. The van der Waals surface area contributed by atoms with Crippen molar-refractivity contribution in [3.05, 3.63) is 0 Å². The molecule has 0 spiro atoms. The molecule has 0 aromatic carbocycles. The van der Waals surface area contributed by atoms with Gasteiger partial charge in [0.1, 0.15) is 0 Å². The van der Waals surface area contributed by atoms with Crippen molar-refractivity contribution in [2.24, 2.45) is 23.3 Å². The van der Waals surface area contributed by atoms with E-state index in [2.05, 4.69) is 18.7 Å². The molecule has 19 heavy (non-hydrogen) atoms. The van der Waals surface area contributed by atoms with E-state index in [1.165, 1.54) is 25.9 Å². The summed E-state index contributed by atoms with van der Waals surface area (Å²) >= 11 is 0. The van der Waals surface area contributed by atoms with E-state index in [9.17, 15) is 4.79 Å². The molecule has 4 nitrogen and oxygen atoms in total. The molecule has 1 heterocycles. The van der Waals surface area contributed by atoms with Gasteiger partial charge in [-0.05, 0) is 70.5 Å². The normalized spacial score (nSPS) is 21.5. The molecule has 1 unspecified atom stereocenters. The second-order valence-corrected chi connectivity index (χ2v) is 6.66. The smallest absolute Gasteiger partial charge is 0.237 e. The fourth-order valence-corrected chi connectivity index (χ4v) is 2.79. The van der Waals surface area contributed by atoms with Crippen molar-refractivity contribution in [1.29, 1.82) is 0 Å². The third kappa shape index (κ3) is 5.49. The third-order valence-corrected chi connectivity index (χ3v) is 4.56. The summed E-state index contributed by atoms with van der Waals surface area (Å²) in [6, 6.07) is 0. The number of likely N-dealkylation sites (tertiary alicyclic amines) is 1. The van der Waals surface area contributed by atoms with Crippen LogP contribution in [0.15, 0.2) is 0 Å². The first-order chi connectivity index (χ1) is 8.83. The lowest BCUT2D eigenvalue weighted by Crippen LogP contribution is -2.49. The van der Waals surface area contributed by atoms with Gasteiger partial charge in [0.25, 0.3) is 0 Å². The molecule has 4 N–H and O–H groups in total. The van der Waals surface area contributed by atoms with E-state index in [-0.39, 0.29) is 0 Å². The molecule has 1 amide bonds. The van der Waals surface area contributed by atoms with E-state index in [1.54, 1.807) is 6.92 Å². The summed E-state index contributed by atoms with van der Waals surface area (Å²) in [5.41, 5.74) is 10.3. The molecular formula is C15H31N3O. The van der Waals surface area contributed by atoms with Crippen molar-refractivity contribution in [2.45, 2.75) is 58.4 Å². The maximum Gasteiger partial charge on any atom is 0.237 e. The molecule has 1 aliphatic heterocycles. The number of piperidine rings is 1. The number of unbranched alkanes of at least 4 members (excludes halogenated alkanes) is 1. The topological polar surface area (TPSA) is 72.3 Å². The van der Waals surface area contributed by atoms with Gasteiger partial charge in [-0.2, -0.15) is 0 Å². The summed E-state index contributed by atoms with van der Waals surface area (Å²) in [7, 11) is 0. The molecule has 1 saturated heterocycles. The van der Waals surface area contributed by atoms with Crippen LogP contribution in [0.2, 0.25) is 0 Å². The van der Waals surface area contributed by atoms with Gasteiger partial charge in [-0.3, -0.25) is 4.79 Å². The zero-order chi connectivity index (χ0) is 14.5. The molecule has 0 bridgehead atoms. The van der Waals surface area contributed by atoms with Crippen LogP contribution in [0.1, 0.15) is 52.9 Å². The lowest BCUT2D eigenvalue weighted by molar-refractivity contribution is -0.122. The summed E-state index contributed by atoms with van der Waals surface area (Å²) in [6.07, 6.45) is 5.42. The standard InChI is InChI=1S/C15H31N3O/c1-12(2)13-6-10-18(11-7-13)9-5-4-8-15(3,17)14(16)19/h12-13H,4-11,17H2,1-3H3,(H2,16,19). The molecule has 1 fully saturated rings. The zero-order valence-electron chi connectivity index (χ0n) is 12.8. The van der Waals surface area contributed by atoms with Crippen molar-refractivity contribution in [3.63, 3.8) is 0 Å². The number of carbonyl (C=O) groups is 1. The quantitative estimate of drug-likeness (QED) is 0.691. The van der Waals surface area contributed by atoms with Crippen LogP contribution in [0.5, 0.6) is 0 Å². The fraction of sp³-hybridized carbons (Fsp3) is 0.933. The van der Waals surface area contributed by atoms with Crippen LogP contribution in [0.4, 0.5) is 0 Å². The highest BCUT2D eigenvalue weighted by Gasteiger charge is 2.25. The van der Waals surface area contributed by atoms with Crippen LogP contribution in [0.25, 0.3) is 0 Å². The van der Waals surface area contributed by atoms with Gasteiger partial charge in [-0.1, -0.05) is 13.8 Å². The Balaban J connectivity index is 2.13. The summed E-state index contributed by atoms with van der Waals surface area (Å²) in [5.74, 6) is 1.32. The summed E-state index contributed by atoms with van der Waals surface area (Å²) in [6.45, 7) is 9.94. The second kappa shape index (κ2) is 7.25. The lowest BCUT2D eigenvalue weighted by atomic mass is 9.86. The van der Waals surface area contributed by atoms with Crippen molar-refractivity contribution in [1.82, 2.24) is 4.90 Å². The number of hydrogen-bond acceptors (Lipinski definition) is 3. The Morgan fingerprint density at radius 1 is 1.32 bits per heavy atom. The van der Waals surface area contributed by atoms with Crippen LogP contribution in [-0.4, -0.2) is 36.0 Å². The first-order valence-corrected chi connectivity index (χ1v) is 7.64. The number of rotatable bonds is 7. The minimum absolute atomic E-state index is 0.398. The molecule has 0 saturated carbocycles. The van der Waals surface area contributed by atoms with Crippen LogP contribution < -0.4 is 11.5 Å². The maximum atomic E-state index is 11.1. The number of amides is 1. The fourth-order valence-electron chi connectivity index (χ4n) is 2.79. The van der Waals surface area contributed by atoms with Crippen molar-refractivity contribution in [3.8, 4) is 0 Å². The highest BCUT2D eigenvalue weighted by Crippen LogP contribution is 2.24. The zero-order valence-corrected chi connectivity index (χ0v) is 12.8. The number of nitrogens with zero attached hydrogens (tertiary/aromatic N) is 1. The van der Waals surface area contributed by atoms with Crippen molar-refractivity contribution in [2.75, 3.05) is 19.6 Å². The van der Waals surface area contributed by atoms with Gasteiger partial charge in [0.05, 0.1) is 5.54 Å². The van der Waals surface area contributed by atoms with E-state index in [0.717, 1.165) is 31.2 Å². The molecule has 1 rings (SSSR count). The van der Waals surface area contributed by atoms with Crippen LogP contribution >= 0.6 is 0 Å². The van der Waals surface area contributed by atoms with Crippen LogP contribution in [-0.2, 0) is 4.79 Å². The molecule has 1 aliphatic rings. The molecule has 0 aliphatic carbocycles. The van der Waals surface area contributed by atoms with Gasteiger partial charge < -0.3 is 16.4 Å². The first kappa shape index (κ1) is 16.4. The Morgan fingerprint density at radius 3 is 2.37 bits per heavy atom. The van der Waals surface area contributed by atoms with Crippen molar-refractivity contribution < 1.29 is 4.79 Å². The maximum absolute atomic E-state index is 11.1. The van der Waals surface area contributed by atoms with Crippen molar-refractivity contribution >= 4 is 5.91 Å². The Labute approximate surface area is 117 Å². The van der Waals surface area contributed by atoms with Gasteiger partial charge in [0, 0.05) is 0 Å². The molecule has 4 heteroatoms. The molecule has 1 atom stereocenters. The minimum Gasteiger partial charge on any atom is -0.368 e. The number of primary amides is 1. The molecular weight excluding hydrogens is 238 g/mol. The predicted octanol–water partition coefficient (Wildman–Crippen LogP) is 1.73. The number of hydrogen-bond donors (Lipinski definition) is 2. The Kier molecular flexibility index (Phi) is 6.27. The monoisotopic (exact) mass is 269 g/mol. The summed E-state index contributed by atoms with van der Waals surface area (Å²) in [5, 5.41) is 0. The molecule has 112 valence electrons. The third-order valence-electron chi connectivity index (χ3n) is 4.56. The van der Waals surface area contributed by atoms with E-state index in [0.29, 0.717) is 6.42 Å². The van der Waals surface area contributed by atoms with Crippen LogP contribution in [0.3, 0.4) is 0 Å². The summed E-state index contributed by atoms with van der Waals surface area (Å²) < 4.78 is 0. The lowest BCUT2D eigenvalue weighted by Gasteiger charge is -2.34. The van der Waals surface area contributed by atoms with Gasteiger partial charge in [0.2, 0.25) is 5.91 Å². The van der Waals surface area contributed by atoms with Gasteiger partial charge in [-0.25, -0.2) is 0 Å². The van der Waals surface area contributed by atoms with Gasteiger partial charge in [0.15, 0.2) is 0 Å². The molecule has 0 aromatic rings. The predicted molar refractivity (Wildman–Crippen MR) is 79.6 cm³/mol. The minimum atomic E-state index is -0.843. The number of nitrogens with two attached hydrogens (primary N) is 2. The first-order valence-electron chi connectivity index (χ1n) is 7.64. The van der Waals surface area contributed by atoms with E-state index in [4.69, 9.17) is 11.5 Å².